The first-order valence-corrected chi connectivity index (χ1v) is 8.93. The SMILES string of the molecule is CC(=O)Nc1nnc(SCC(=O)Nc2nnc(C(C)C)s2)s1. The van der Waals surface area contributed by atoms with Crippen LogP contribution in [-0.2, 0) is 9.59 Å². The van der Waals surface area contributed by atoms with Crippen molar-refractivity contribution in [2.45, 2.75) is 31.0 Å². The van der Waals surface area contributed by atoms with E-state index in [0.29, 0.717) is 14.6 Å². The normalized spacial score (nSPS) is 10.7. The summed E-state index contributed by atoms with van der Waals surface area (Å²) in [6.07, 6.45) is 0. The van der Waals surface area contributed by atoms with Crippen molar-refractivity contribution in [3.63, 3.8) is 0 Å². The highest BCUT2D eigenvalue weighted by molar-refractivity contribution is 8.01. The van der Waals surface area contributed by atoms with E-state index < -0.39 is 0 Å². The van der Waals surface area contributed by atoms with Crippen LogP contribution in [0.15, 0.2) is 4.34 Å². The van der Waals surface area contributed by atoms with Gasteiger partial charge in [0.15, 0.2) is 4.34 Å². The van der Waals surface area contributed by atoms with Gasteiger partial charge in [0, 0.05) is 12.8 Å². The highest BCUT2D eigenvalue weighted by Crippen LogP contribution is 2.26. The minimum absolute atomic E-state index is 0.186. The number of nitrogens with one attached hydrogen (secondary N) is 2. The average molecular weight is 358 g/mol. The summed E-state index contributed by atoms with van der Waals surface area (Å²) < 4.78 is 0.610. The number of hydrogen-bond donors (Lipinski definition) is 2. The minimum atomic E-state index is -0.206. The lowest BCUT2D eigenvalue weighted by Gasteiger charge is -1.98. The summed E-state index contributed by atoms with van der Waals surface area (Å²) in [5.74, 6) is 0.0761. The van der Waals surface area contributed by atoms with E-state index in [2.05, 4.69) is 31.0 Å². The van der Waals surface area contributed by atoms with Gasteiger partial charge in [-0.05, 0) is 0 Å². The Hall–Kier alpha value is -1.59. The molecule has 0 aromatic carbocycles. The number of thioether (sulfide) groups is 1. The molecule has 2 aromatic rings. The van der Waals surface area contributed by atoms with Gasteiger partial charge in [-0.25, -0.2) is 0 Å². The summed E-state index contributed by atoms with van der Waals surface area (Å²) in [7, 11) is 0. The van der Waals surface area contributed by atoms with Crippen molar-refractivity contribution in [3.05, 3.63) is 5.01 Å². The van der Waals surface area contributed by atoms with Crippen LogP contribution in [0.1, 0.15) is 31.7 Å². The number of hydrogen-bond acceptors (Lipinski definition) is 9. The predicted molar refractivity (Wildman–Crippen MR) is 87.6 cm³/mol. The molecule has 0 spiro atoms. The monoisotopic (exact) mass is 358 g/mol. The first-order valence-electron chi connectivity index (χ1n) is 6.31. The molecule has 2 aromatic heterocycles. The van der Waals surface area contributed by atoms with E-state index in [1.807, 2.05) is 13.8 Å². The highest BCUT2D eigenvalue weighted by atomic mass is 32.2. The van der Waals surface area contributed by atoms with Crippen LogP contribution in [0.5, 0.6) is 0 Å². The topological polar surface area (TPSA) is 110 Å². The van der Waals surface area contributed by atoms with Crippen LogP contribution >= 0.6 is 34.4 Å². The van der Waals surface area contributed by atoms with Crippen molar-refractivity contribution in [2.24, 2.45) is 0 Å². The molecule has 0 saturated carbocycles. The molecule has 0 atom stereocenters. The molecule has 0 bridgehead atoms. The standard InChI is InChI=1S/C11H14N6O2S3/c1-5(2)8-14-15-10(21-8)13-7(19)4-20-11-17-16-9(22-11)12-6(3)18/h5H,4H2,1-3H3,(H,12,16,18)(H,13,15,19). The van der Waals surface area contributed by atoms with Gasteiger partial charge in [-0.15, -0.1) is 20.4 Å². The van der Waals surface area contributed by atoms with E-state index in [9.17, 15) is 9.59 Å². The Balaban J connectivity index is 1.82. The third-order valence-electron chi connectivity index (χ3n) is 2.20. The molecule has 0 fully saturated rings. The first-order chi connectivity index (χ1) is 10.4. The van der Waals surface area contributed by atoms with E-state index >= 15 is 0 Å². The van der Waals surface area contributed by atoms with Crippen LogP contribution in [0, 0.1) is 0 Å². The Morgan fingerprint density at radius 2 is 1.77 bits per heavy atom. The molecule has 11 heteroatoms. The molecular weight excluding hydrogens is 344 g/mol. The Morgan fingerprint density at radius 3 is 2.41 bits per heavy atom. The highest BCUT2D eigenvalue weighted by Gasteiger charge is 2.12. The fourth-order valence-electron chi connectivity index (χ4n) is 1.27. The molecule has 0 aliphatic carbocycles. The predicted octanol–water partition coefficient (Wildman–Crippen LogP) is 2.20. The number of carbonyl (C=O) groups excluding carboxylic acids is 2. The summed E-state index contributed by atoms with van der Waals surface area (Å²) in [5, 5.41) is 22.6. The van der Waals surface area contributed by atoms with Gasteiger partial charge >= 0.3 is 0 Å². The van der Waals surface area contributed by atoms with Crippen LogP contribution in [0.25, 0.3) is 0 Å². The molecule has 22 heavy (non-hydrogen) atoms. The van der Waals surface area contributed by atoms with E-state index in [0.717, 1.165) is 5.01 Å². The molecule has 0 aliphatic rings. The van der Waals surface area contributed by atoms with Crippen LogP contribution < -0.4 is 10.6 Å². The van der Waals surface area contributed by atoms with Crippen molar-refractivity contribution < 1.29 is 9.59 Å². The van der Waals surface area contributed by atoms with Crippen molar-refractivity contribution in [3.8, 4) is 0 Å². The lowest BCUT2D eigenvalue weighted by molar-refractivity contribution is -0.114. The molecule has 2 heterocycles. The number of nitrogens with zero attached hydrogens (tertiary/aromatic N) is 4. The molecule has 0 saturated heterocycles. The second kappa shape index (κ2) is 7.61. The van der Waals surface area contributed by atoms with Crippen molar-refractivity contribution in [2.75, 3.05) is 16.4 Å². The molecule has 2 N–H and O–H groups in total. The van der Waals surface area contributed by atoms with E-state index in [-0.39, 0.29) is 23.5 Å². The van der Waals surface area contributed by atoms with Gasteiger partial charge in [-0.3, -0.25) is 14.9 Å². The van der Waals surface area contributed by atoms with Crippen molar-refractivity contribution in [1.29, 1.82) is 0 Å². The summed E-state index contributed by atoms with van der Waals surface area (Å²) in [6, 6.07) is 0. The van der Waals surface area contributed by atoms with Gasteiger partial charge in [0.1, 0.15) is 5.01 Å². The van der Waals surface area contributed by atoms with Crippen LogP contribution in [0.2, 0.25) is 0 Å². The zero-order valence-electron chi connectivity index (χ0n) is 12.1. The lowest BCUT2D eigenvalue weighted by Crippen LogP contribution is -2.13. The Kier molecular flexibility index (Phi) is 5.80. The maximum absolute atomic E-state index is 11.8. The van der Waals surface area contributed by atoms with Gasteiger partial charge in [0.25, 0.3) is 0 Å². The zero-order chi connectivity index (χ0) is 16.1. The zero-order valence-corrected chi connectivity index (χ0v) is 14.6. The van der Waals surface area contributed by atoms with Gasteiger partial charge in [-0.1, -0.05) is 48.3 Å². The molecule has 0 aliphatic heterocycles. The Morgan fingerprint density at radius 1 is 1.09 bits per heavy atom. The maximum Gasteiger partial charge on any atom is 0.236 e. The molecule has 8 nitrogen and oxygen atoms in total. The largest absolute Gasteiger partial charge is 0.301 e. The van der Waals surface area contributed by atoms with Gasteiger partial charge in [0.2, 0.25) is 22.1 Å². The third-order valence-corrected chi connectivity index (χ3v) is 5.31. The van der Waals surface area contributed by atoms with E-state index in [1.54, 1.807) is 0 Å². The second-order valence-corrected chi connectivity index (χ2v) is 7.70. The summed E-state index contributed by atoms with van der Waals surface area (Å²) in [5.41, 5.74) is 0. The Bertz CT molecular complexity index is 668. The summed E-state index contributed by atoms with van der Waals surface area (Å²) >= 11 is 3.83. The van der Waals surface area contributed by atoms with Crippen LogP contribution in [-0.4, -0.2) is 38.0 Å². The first kappa shape index (κ1) is 16.8. The Labute approximate surface area is 139 Å². The van der Waals surface area contributed by atoms with Gasteiger partial charge in [-0.2, -0.15) is 0 Å². The summed E-state index contributed by atoms with van der Waals surface area (Å²) in [4.78, 5) is 22.7. The quantitative estimate of drug-likeness (QED) is 0.601. The molecule has 2 rings (SSSR count). The minimum Gasteiger partial charge on any atom is -0.301 e. The number of amides is 2. The lowest BCUT2D eigenvalue weighted by atomic mass is 10.2. The molecule has 118 valence electrons. The molecule has 0 unspecified atom stereocenters. The fraction of sp³-hybridized carbons (Fsp3) is 0.455. The molecule has 0 radical (unpaired) electrons. The number of carbonyl (C=O) groups is 2. The molecule has 2 amide bonds. The summed E-state index contributed by atoms with van der Waals surface area (Å²) in [6.45, 7) is 5.43. The maximum atomic E-state index is 11.8. The number of aromatic nitrogens is 4. The van der Waals surface area contributed by atoms with Crippen molar-refractivity contribution in [1.82, 2.24) is 20.4 Å². The van der Waals surface area contributed by atoms with Crippen LogP contribution in [0.4, 0.5) is 10.3 Å². The van der Waals surface area contributed by atoms with Crippen LogP contribution in [0.3, 0.4) is 0 Å². The van der Waals surface area contributed by atoms with Crippen molar-refractivity contribution >= 4 is 56.5 Å². The van der Waals surface area contributed by atoms with E-state index in [4.69, 9.17) is 0 Å². The van der Waals surface area contributed by atoms with Gasteiger partial charge in [0.05, 0.1) is 5.75 Å². The van der Waals surface area contributed by atoms with Gasteiger partial charge < -0.3 is 5.32 Å². The third kappa shape index (κ3) is 5.00. The number of anilines is 2. The number of rotatable bonds is 6. The van der Waals surface area contributed by atoms with E-state index in [1.165, 1.54) is 41.4 Å². The fourth-order valence-corrected chi connectivity index (χ4v) is 3.63. The average Bonchev–Trinajstić information content (AvgIpc) is 3.05. The second-order valence-electron chi connectivity index (χ2n) is 4.49. The molecular formula is C11H14N6O2S3. The smallest absolute Gasteiger partial charge is 0.236 e.